The van der Waals surface area contributed by atoms with Gasteiger partial charge in [-0.3, -0.25) is 0 Å². The van der Waals surface area contributed by atoms with E-state index < -0.39 is 23.6 Å². The Hall–Kier alpha value is -2.93. The second-order valence-electron chi connectivity index (χ2n) is 9.19. The molecule has 1 heterocycles. The third-order valence-corrected chi connectivity index (χ3v) is 12.4. The van der Waals surface area contributed by atoms with Crippen molar-refractivity contribution in [1.29, 1.82) is 0 Å². The van der Waals surface area contributed by atoms with E-state index in [4.69, 9.17) is 0 Å². The van der Waals surface area contributed by atoms with E-state index in [0.29, 0.717) is 6.42 Å². The fourth-order valence-electron chi connectivity index (χ4n) is 5.90. The maximum absolute atomic E-state index is 16.0. The maximum Gasteiger partial charge on any atom is 0.138 e. The van der Waals surface area contributed by atoms with Gasteiger partial charge in [0, 0.05) is 5.30 Å². The second kappa shape index (κ2) is 8.45. The highest BCUT2D eigenvalue weighted by atomic mass is 31.2. The molecule has 4 aromatic carbocycles. The summed E-state index contributed by atoms with van der Waals surface area (Å²) in [5.74, 6) is 0. The van der Waals surface area contributed by atoms with Crippen LogP contribution in [0, 0.1) is 0 Å². The van der Waals surface area contributed by atoms with Crippen LogP contribution in [0.4, 0.5) is 0 Å². The minimum Gasteiger partial charge on any atom is -0.387 e. The van der Waals surface area contributed by atoms with E-state index in [1.165, 1.54) is 0 Å². The molecular formula is C30H29O2P. The maximum atomic E-state index is 16.0. The van der Waals surface area contributed by atoms with Crippen LogP contribution in [-0.2, 0) is 14.9 Å². The summed E-state index contributed by atoms with van der Waals surface area (Å²) in [5, 5.41) is 11.4. The predicted octanol–water partition coefficient (Wildman–Crippen LogP) is 7.01. The summed E-state index contributed by atoms with van der Waals surface area (Å²) in [6.07, 6.45) is 0.449. The van der Waals surface area contributed by atoms with E-state index in [1.807, 2.05) is 109 Å². The molecule has 33 heavy (non-hydrogen) atoms. The lowest BCUT2D eigenvalue weighted by Gasteiger charge is -2.45. The molecule has 1 saturated heterocycles. The Kier molecular flexibility index (Phi) is 5.60. The van der Waals surface area contributed by atoms with Crippen LogP contribution in [0.25, 0.3) is 0 Å². The van der Waals surface area contributed by atoms with E-state index >= 15 is 4.57 Å². The molecule has 5 rings (SSSR count). The fourth-order valence-corrected chi connectivity index (χ4v) is 10.8. The van der Waals surface area contributed by atoms with Gasteiger partial charge in [-0.15, -0.1) is 0 Å². The number of aliphatic hydroxyl groups excluding tert-OH is 1. The molecule has 0 aromatic heterocycles. The first-order valence-electron chi connectivity index (χ1n) is 11.5. The van der Waals surface area contributed by atoms with Gasteiger partial charge in [-0.05, 0) is 36.5 Å². The van der Waals surface area contributed by atoms with Crippen LogP contribution >= 0.6 is 7.14 Å². The molecule has 1 aliphatic rings. The second-order valence-corrected chi connectivity index (χ2v) is 12.7. The first-order chi connectivity index (χ1) is 16.0. The van der Waals surface area contributed by atoms with Crippen molar-refractivity contribution in [3.05, 3.63) is 138 Å². The molecule has 4 atom stereocenters. The summed E-state index contributed by atoms with van der Waals surface area (Å²) in [5.41, 5.74) is 2.80. The van der Waals surface area contributed by atoms with E-state index in [-0.39, 0.29) is 0 Å². The van der Waals surface area contributed by atoms with E-state index in [2.05, 4.69) is 19.1 Å². The van der Waals surface area contributed by atoms with Gasteiger partial charge >= 0.3 is 0 Å². The van der Waals surface area contributed by atoms with Crippen LogP contribution in [0.1, 0.15) is 42.6 Å². The zero-order valence-corrected chi connectivity index (χ0v) is 19.7. The van der Waals surface area contributed by atoms with Gasteiger partial charge in [0.05, 0.1) is 16.4 Å². The van der Waals surface area contributed by atoms with Crippen LogP contribution in [0.15, 0.2) is 121 Å². The van der Waals surface area contributed by atoms with E-state index in [1.54, 1.807) is 0 Å². The molecule has 1 N–H and O–H groups in total. The van der Waals surface area contributed by atoms with Crippen LogP contribution in [0.3, 0.4) is 0 Å². The number of hydrogen-bond acceptors (Lipinski definition) is 2. The molecule has 3 heteroatoms. The molecule has 0 saturated carbocycles. The Labute approximate surface area is 196 Å². The Morgan fingerprint density at radius 2 is 1.12 bits per heavy atom. The van der Waals surface area contributed by atoms with E-state index in [9.17, 15) is 5.11 Å². The standard InChI is InChI=1S/C30H29O2P/c1-29(25-16-8-3-9-17-25)22-23-30(26-18-10-4-11-19-26,28(31)24-14-6-2-7-15-24)33(29,32)27-20-12-5-13-21-27/h2-21,28,31H,22-23H2,1H3/t28-,29-,30+,33-/m1/s1. The van der Waals surface area contributed by atoms with E-state index in [0.717, 1.165) is 28.4 Å². The van der Waals surface area contributed by atoms with Gasteiger partial charge in [0.1, 0.15) is 7.14 Å². The topological polar surface area (TPSA) is 37.3 Å². The summed E-state index contributed by atoms with van der Waals surface area (Å²) >= 11 is 0. The van der Waals surface area contributed by atoms with Crippen molar-refractivity contribution in [3.8, 4) is 0 Å². The Morgan fingerprint density at radius 3 is 1.67 bits per heavy atom. The summed E-state index contributed by atoms with van der Waals surface area (Å²) in [7, 11) is -3.30. The molecule has 0 radical (unpaired) electrons. The van der Waals surface area contributed by atoms with Gasteiger partial charge in [0.25, 0.3) is 0 Å². The monoisotopic (exact) mass is 452 g/mol. The van der Waals surface area contributed by atoms with Gasteiger partial charge in [0.2, 0.25) is 0 Å². The lowest BCUT2D eigenvalue weighted by atomic mass is 9.82. The molecule has 0 unspecified atom stereocenters. The van der Waals surface area contributed by atoms with Gasteiger partial charge < -0.3 is 9.67 Å². The van der Waals surface area contributed by atoms with Gasteiger partial charge in [-0.2, -0.15) is 0 Å². The molecule has 0 bridgehead atoms. The molecular weight excluding hydrogens is 423 g/mol. The lowest BCUT2D eigenvalue weighted by Crippen LogP contribution is -2.38. The first-order valence-corrected chi connectivity index (χ1v) is 13.2. The first kappa shape index (κ1) is 21.9. The zero-order valence-electron chi connectivity index (χ0n) is 18.8. The smallest absolute Gasteiger partial charge is 0.138 e. The van der Waals surface area contributed by atoms with Crippen LogP contribution in [-0.4, -0.2) is 5.11 Å². The average molecular weight is 453 g/mol. The van der Waals surface area contributed by atoms with Crippen LogP contribution in [0.2, 0.25) is 0 Å². The molecule has 4 aromatic rings. The molecule has 0 amide bonds. The van der Waals surface area contributed by atoms with Crippen LogP contribution < -0.4 is 5.30 Å². The number of rotatable bonds is 5. The van der Waals surface area contributed by atoms with Crippen molar-refractivity contribution in [3.63, 3.8) is 0 Å². The predicted molar refractivity (Wildman–Crippen MR) is 136 cm³/mol. The van der Waals surface area contributed by atoms with Crippen molar-refractivity contribution in [2.45, 2.75) is 36.2 Å². The number of aliphatic hydroxyl groups is 1. The van der Waals surface area contributed by atoms with Gasteiger partial charge in [0.15, 0.2) is 0 Å². The normalized spacial score (nSPS) is 27.8. The fraction of sp³-hybridized carbons (Fsp3) is 0.200. The molecule has 166 valence electrons. The highest BCUT2D eigenvalue weighted by Gasteiger charge is 2.67. The Balaban J connectivity index is 1.86. The summed E-state index contributed by atoms with van der Waals surface area (Å²) in [4.78, 5) is 0. The Morgan fingerprint density at radius 1 is 0.667 bits per heavy atom. The zero-order chi connectivity index (χ0) is 22.9. The number of hydrogen-bond donors (Lipinski definition) is 1. The summed E-state index contributed by atoms with van der Waals surface area (Å²) < 4.78 is 16.0. The largest absolute Gasteiger partial charge is 0.387 e. The van der Waals surface area contributed by atoms with Gasteiger partial charge in [-0.1, -0.05) is 121 Å². The van der Waals surface area contributed by atoms with Crippen LogP contribution in [0.5, 0.6) is 0 Å². The molecule has 1 fully saturated rings. The molecule has 0 spiro atoms. The van der Waals surface area contributed by atoms with Crippen molar-refractivity contribution < 1.29 is 9.67 Å². The molecule has 0 aliphatic carbocycles. The average Bonchev–Trinajstić information content (AvgIpc) is 3.15. The van der Waals surface area contributed by atoms with Crippen molar-refractivity contribution in [1.82, 2.24) is 0 Å². The minimum absolute atomic E-state index is 0.610. The third-order valence-electron chi connectivity index (χ3n) is 7.61. The number of benzene rings is 4. The Bertz CT molecular complexity index is 1260. The van der Waals surface area contributed by atoms with Crippen molar-refractivity contribution >= 4 is 12.4 Å². The van der Waals surface area contributed by atoms with Gasteiger partial charge in [-0.25, -0.2) is 0 Å². The highest BCUT2D eigenvalue weighted by molar-refractivity contribution is 7.74. The lowest BCUT2D eigenvalue weighted by molar-refractivity contribution is 0.121. The SMILES string of the molecule is C[C@]1(c2ccccc2)CC[C@](c2ccccc2)([C@H](O)c2ccccc2)[P@@]1(=O)c1ccccc1. The minimum atomic E-state index is -3.30. The third kappa shape index (κ3) is 3.16. The molecule has 2 nitrogen and oxygen atoms in total. The van der Waals surface area contributed by atoms with Crippen molar-refractivity contribution in [2.24, 2.45) is 0 Å². The summed E-state index contributed by atoms with van der Waals surface area (Å²) in [6.45, 7) is 2.14. The summed E-state index contributed by atoms with van der Waals surface area (Å²) in [6, 6.07) is 39.8. The highest BCUT2D eigenvalue weighted by Crippen LogP contribution is 2.83. The molecule has 1 aliphatic heterocycles. The quantitative estimate of drug-likeness (QED) is 0.331. The van der Waals surface area contributed by atoms with Crippen molar-refractivity contribution in [2.75, 3.05) is 0 Å².